The molecule has 1 atom stereocenters. The van der Waals surface area contributed by atoms with E-state index in [1.165, 1.54) is 141 Å². The average molecular weight is 709 g/mol. The van der Waals surface area contributed by atoms with Gasteiger partial charge in [0.15, 0.2) is 6.10 Å². The Bertz CT molecular complexity index is 738. The molecule has 0 fully saturated rings. The van der Waals surface area contributed by atoms with Crippen molar-refractivity contribution in [2.75, 3.05) is 13.2 Å². The molecule has 0 spiro atoms. The van der Waals surface area contributed by atoms with Crippen LogP contribution in [-0.4, -0.2) is 37.2 Å². The van der Waals surface area contributed by atoms with E-state index in [9.17, 15) is 14.4 Å². The summed E-state index contributed by atoms with van der Waals surface area (Å²) in [5, 5.41) is 0. The molecule has 0 radical (unpaired) electrons. The van der Waals surface area contributed by atoms with Gasteiger partial charge in [0.2, 0.25) is 0 Å². The molecule has 6 heteroatoms. The van der Waals surface area contributed by atoms with Crippen LogP contribution in [0.5, 0.6) is 0 Å². The molecule has 296 valence electrons. The van der Waals surface area contributed by atoms with Gasteiger partial charge >= 0.3 is 17.9 Å². The number of hydrogen-bond acceptors (Lipinski definition) is 6. The first kappa shape index (κ1) is 48.4. The Morgan fingerprint density at radius 3 is 0.800 bits per heavy atom. The standard InChI is InChI=1S/C44H84O6/c1-4-7-10-13-15-17-18-19-20-21-22-23-24-25-27-28-31-34-37-43(46)49-40-41(39-48-42(45)36-33-30-12-9-6-3)50-44(47)38-35-32-29-26-16-14-11-8-5-2/h41H,4-40H2,1-3H3/t41-/m1/s1. The number of rotatable bonds is 40. The van der Waals surface area contributed by atoms with E-state index in [0.29, 0.717) is 19.3 Å². The van der Waals surface area contributed by atoms with Crippen molar-refractivity contribution < 1.29 is 28.6 Å². The lowest BCUT2D eigenvalue weighted by molar-refractivity contribution is -0.167. The second-order valence-corrected chi connectivity index (χ2v) is 15.0. The maximum Gasteiger partial charge on any atom is 0.306 e. The Kier molecular flexibility index (Phi) is 38.9. The Balaban J connectivity index is 4.09. The first-order valence-corrected chi connectivity index (χ1v) is 22.0. The molecule has 0 N–H and O–H groups in total. The predicted octanol–water partition coefficient (Wildman–Crippen LogP) is 13.7. The van der Waals surface area contributed by atoms with Crippen molar-refractivity contribution >= 4 is 17.9 Å². The maximum absolute atomic E-state index is 12.6. The van der Waals surface area contributed by atoms with E-state index < -0.39 is 6.10 Å². The summed E-state index contributed by atoms with van der Waals surface area (Å²) in [4.78, 5) is 37.3. The summed E-state index contributed by atoms with van der Waals surface area (Å²) in [6.45, 7) is 6.55. The van der Waals surface area contributed by atoms with E-state index in [2.05, 4.69) is 20.8 Å². The Morgan fingerprint density at radius 1 is 0.320 bits per heavy atom. The van der Waals surface area contributed by atoms with Gasteiger partial charge in [-0.25, -0.2) is 0 Å². The molecule has 0 aliphatic carbocycles. The second-order valence-electron chi connectivity index (χ2n) is 15.0. The summed E-state index contributed by atoms with van der Waals surface area (Å²) >= 11 is 0. The van der Waals surface area contributed by atoms with E-state index >= 15 is 0 Å². The summed E-state index contributed by atoms with van der Waals surface area (Å²) in [6, 6.07) is 0. The number of esters is 3. The lowest BCUT2D eigenvalue weighted by Gasteiger charge is -2.18. The van der Waals surface area contributed by atoms with Gasteiger partial charge < -0.3 is 14.2 Å². The molecule has 50 heavy (non-hydrogen) atoms. The summed E-state index contributed by atoms with van der Waals surface area (Å²) in [5.74, 6) is -0.872. The van der Waals surface area contributed by atoms with Crippen molar-refractivity contribution in [3.8, 4) is 0 Å². The first-order valence-electron chi connectivity index (χ1n) is 22.0. The first-order chi connectivity index (χ1) is 24.5. The van der Waals surface area contributed by atoms with Gasteiger partial charge in [-0.3, -0.25) is 14.4 Å². The third kappa shape index (κ3) is 37.7. The minimum absolute atomic E-state index is 0.0643. The lowest BCUT2D eigenvalue weighted by atomic mass is 10.0. The SMILES string of the molecule is CCCCCCCCCCCCCCCCCCCCC(=O)OC[C@@H](COC(=O)CCCCCCC)OC(=O)CCCCCCCCCCC. The van der Waals surface area contributed by atoms with E-state index in [1.54, 1.807) is 0 Å². The third-order valence-corrected chi connectivity index (χ3v) is 9.86. The summed E-state index contributed by atoms with van der Waals surface area (Å²) in [6.07, 6.45) is 39.8. The van der Waals surface area contributed by atoms with Gasteiger partial charge in [-0.1, -0.05) is 207 Å². The summed E-state index contributed by atoms with van der Waals surface area (Å²) in [7, 11) is 0. The van der Waals surface area contributed by atoms with E-state index in [1.807, 2.05) is 0 Å². The number of carbonyl (C=O) groups excluding carboxylic acids is 3. The molecule has 0 bridgehead atoms. The monoisotopic (exact) mass is 709 g/mol. The van der Waals surface area contributed by atoms with Gasteiger partial charge in [0.25, 0.3) is 0 Å². The molecule has 0 aromatic heterocycles. The van der Waals surface area contributed by atoms with Gasteiger partial charge in [0.1, 0.15) is 13.2 Å². The Morgan fingerprint density at radius 2 is 0.540 bits per heavy atom. The summed E-state index contributed by atoms with van der Waals surface area (Å²) in [5.41, 5.74) is 0. The molecule has 6 nitrogen and oxygen atoms in total. The van der Waals surface area contributed by atoms with Crippen LogP contribution in [0.4, 0.5) is 0 Å². The smallest absolute Gasteiger partial charge is 0.306 e. The van der Waals surface area contributed by atoms with Crippen LogP contribution in [0.2, 0.25) is 0 Å². The number of carbonyl (C=O) groups is 3. The highest BCUT2D eigenvalue weighted by molar-refractivity contribution is 5.71. The van der Waals surface area contributed by atoms with Crippen molar-refractivity contribution in [2.45, 2.75) is 252 Å². The van der Waals surface area contributed by atoms with Gasteiger partial charge in [-0.15, -0.1) is 0 Å². The zero-order valence-electron chi connectivity index (χ0n) is 33.7. The predicted molar refractivity (Wildman–Crippen MR) is 210 cm³/mol. The van der Waals surface area contributed by atoms with Gasteiger partial charge in [-0.05, 0) is 19.3 Å². The third-order valence-electron chi connectivity index (χ3n) is 9.86. The molecule has 0 aliphatic heterocycles. The van der Waals surface area contributed by atoms with Crippen molar-refractivity contribution in [1.82, 2.24) is 0 Å². The minimum Gasteiger partial charge on any atom is -0.462 e. The van der Waals surface area contributed by atoms with Gasteiger partial charge in [-0.2, -0.15) is 0 Å². The van der Waals surface area contributed by atoms with Crippen LogP contribution in [0.25, 0.3) is 0 Å². The normalized spacial score (nSPS) is 11.8. The highest BCUT2D eigenvalue weighted by atomic mass is 16.6. The highest BCUT2D eigenvalue weighted by Gasteiger charge is 2.19. The zero-order valence-corrected chi connectivity index (χ0v) is 33.7. The molecule has 0 amide bonds. The molecule has 0 aromatic rings. The molecule has 0 saturated heterocycles. The van der Waals surface area contributed by atoms with Crippen molar-refractivity contribution in [1.29, 1.82) is 0 Å². The van der Waals surface area contributed by atoms with Crippen molar-refractivity contribution in [3.63, 3.8) is 0 Å². The molecule has 0 unspecified atom stereocenters. The Labute approximate surface area is 310 Å². The van der Waals surface area contributed by atoms with Crippen LogP contribution in [-0.2, 0) is 28.6 Å². The molecule has 0 saturated carbocycles. The van der Waals surface area contributed by atoms with Crippen LogP contribution in [0.1, 0.15) is 245 Å². The molecule has 0 heterocycles. The number of unbranched alkanes of at least 4 members (excludes halogenated alkanes) is 29. The number of ether oxygens (including phenoxy) is 3. The van der Waals surface area contributed by atoms with Gasteiger partial charge in [0, 0.05) is 19.3 Å². The average Bonchev–Trinajstić information content (AvgIpc) is 3.11. The lowest BCUT2D eigenvalue weighted by Crippen LogP contribution is -2.30. The molecular weight excluding hydrogens is 624 g/mol. The Hall–Kier alpha value is -1.59. The van der Waals surface area contributed by atoms with E-state index in [-0.39, 0.29) is 31.1 Å². The second kappa shape index (κ2) is 40.2. The van der Waals surface area contributed by atoms with E-state index in [0.717, 1.165) is 64.2 Å². The van der Waals surface area contributed by atoms with Crippen LogP contribution in [0, 0.1) is 0 Å². The molecule has 0 rings (SSSR count). The fourth-order valence-electron chi connectivity index (χ4n) is 6.50. The highest BCUT2D eigenvalue weighted by Crippen LogP contribution is 2.16. The van der Waals surface area contributed by atoms with Crippen LogP contribution in [0.15, 0.2) is 0 Å². The quantitative estimate of drug-likeness (QED) is 0.0358. The zero-order chi connectivity index (χ0) is 36.6. The molecular formula is C44H84O6. The maximum atomic E-state index is 12.6. The summed E-state index contributed by atoms with van der Waals surface area (Å²) < 4.78 is 16.6. The molecule has 0 aromatic carbocycles. The number of hydrogen-bond donors (Lipinski definition) is 0. The largest absolute Gasteiger partial charge is 0.462 e. The molecule has 0 aliphatic rings. The minimum atomic E-state index is -0.755. The van der Waals surface area contributed by atoms with Gasteiger partial charge in [0.05, 0.1) is 0 Å². The van der Waals surface area contributed by atoms with Crippen LogP contribution < -0.4 is 0 Å². The fourth-order valence-corrected chi connectivity index (χ4v) is 6.50. The van der Waals surface area contributed by atoms with Crippen molar-refractivity contribution in [2.24, 2.45) is 0 Å². The fraction of sp³-hybridized carbons (Fsp3) is 0.932. The topological polar surface area (TPSA) is 78.9 Å². The van der Waals surface area contributed by atoms with Crippen LogP contribution in [0.3, 0.4) is 0 Å². The van der Waals surface area contributed by atoms with Crippen molar-refractivity contribution in [3.05, 3.63) is 0 Å². The van der Waals surface area contributed by atoms with Crippen LogP contribution >= 0.6 is 0 Å². The van der Waals surface area contributed by atoms with E-state index in [4.69, 9.17) is 14.2 Å².